The third kappa shape index (κ3) is 5.03. The highest BCUT2D eigenvalue weighted by atomic mass is 16.5. The van der Waals surface area contributed by atoms with Crippen molar-refractivity contribution in [2.24, 2.45) is 5.92 Å². The molecule has 0 aromatic heterocycles. The van der Waals surface area contributed by atoms with Crippen molar-refractivity contribution in [2.45, 2.75) is 57.8 Å². The third-order valence-corrected chi connectivity index (χ3v) is 4.52. The molecule has 0 radical (unpaired) electrons. The van der Waals surface area contributed by atoms with Gasteiger partial charge in [0, 0.05) is 25.7 Å². The van der Waals surface area contributed by atoms with Crippen LogP contribution in [-0.2, 0) is 4.74 Å². The summed E-state index contributed by atoms with van der Waals surface area (Å²) in [4.78, 5) is 2.49. The Balaban J connectivity index is 1.60. The highest BCUT2D eigenvalue weighted by molar-refractivity contribution is 4.77. The predicted molar refractivity (Wildman–Crippen MR) is 77.3 cm³/mol. The molecule has 19 heavy (non-hydrogen) atoms. The number of morpholine rings is 1. The van der Waals surface area contributed by atoms with Crippen LogP contribution in [0, 0.1) is 5.92 Å². The quantitative estimate of drug-likeness (QED) is 0.789. The molecule has 1 aliphatic heterocycles. The molecule has 2 rings (SSSR count). The molecular formula is C15H30N2O2. The second-order valence-corrected chi connectivity index (χ2v) is 6.41. The number of rotatable bonds is 5. The van der Waals surface area contributed by atoms with Gasteiger partial charge in [-0.3, -0.25) is 4.90 Å². The van der Waals surface area contributed by atoms with Gasteiger partial charge in [0.15, 0.2) is 0 Å². The predicted octanol–water partition coefficient (Wildman–Crippen LogP) is 1.24. The number of ether oxygens (including phenoxy) is 1. The molecule has 1 saturated carbocycles. The maximum absolute atomic E-state index is 9.49. The molecule has 2 aliphatic rings. The first-order valence-corrected chi connectivity index (χ1v) is 7.89. The van der Waals surface area contributed by atoms with Gasteiger partial charge in [-0.1, -0.05) is 0 Å². The molecule has 1 saturated heterocycles. The Hall–Kier alpha value is -0.160. The van der Waals surface area contributed by atoms with Crippen molar-refractivity contribution in [1.29, 1.82) is 0 Å². The van der Waals surface area contributed by atoms with E-state index >= 15 is 0 Å². The fourth-order valence-electron chi connectivity index (χ4n) is 3.13. The lowest BCUT2D eigenvalue weighted by Gasteiger charge is -2.36. The van der Waals surface area contributed by atoms with Gasteiger partial charge >= 0.3 is 0 Å². The van der Waals surface area contributed by atoms with Gasteiger partial charge in [0.05, 0.1) is 18.8 Å². The zero-order chi connectivity index (χ0) is 13.7. The fourth-order valence-corrected chi connectivity index (χ4v) is 3.13. The molecule has 1 unspecified atom stereocenters. The fraction of sp³-hybridized carbons (Fsp3) is 1.00. The van der Waals surface area contributed by atoms with E-state index in [1.807, 2.05) is 0 Å². The summed E-state index contributed by atoms with van der Waals surface area (Å²) < 4.78 is 5.82. The molecule has 4 heteroatoms. The normalized spacial score (nSPS) is 33.8. The minimum Gasteiger partial charge on any atom is -0.393 e. The van der Waals surface area contributed by atoms with Crippen LogP contribution in [-0.4, -0.2) is 61.0 Å². The van der Waals surface area contributed by atoms with Crippen molar-refractivity contribution in [3.63, 3.8) is 0 Å². The van der Waals surface area contributed by atoms with Crippen LogP contribution in [0.5, 0.6) is 0 Å². The third-order valence-electron chi connectivity index (χ3n) is 4.52. The van der Waals surface area contributed by atoms with Crippen molar-refractivity contribution in [1.82, 2.24) is 10.2 Å². The molecule has 1 heterocycles. The highest BCUT2D eigenvalue weighted by Gasteiger charge is 2.23. The van der Waals surface area contributed by atoms with Gasteiger partial charge < -0.3 is 15.2 Å². The molecule has 2 N–H and O–H groups in total. The molecule has 1 aliphatic carbocycles. The average Bonchev–Trinajstić information content (AvgIpc) is 2.41. The number of hydrogen-bond acceptors (Lipinski definition) is 4. The SMILES string of the molecule is CC(C)N1CCOC(CNCC2CCC(O)CC2)C1. The van der Waals surface area contributed by atoms with Gasteiger partial charge in [0.1, 0.15) is 0 Å². The summed E-state index contributed by atoms with van der Waals surface area (Å²) in [7, 11) is 0. The number of hydrogen-bond donors (Lipinski definition) is 2. The van der Waals surface area contributed by atoms with Crippen molar-refractivity contribution in [3.8, 4) is 0 Å². The minimum atomic E-state index is -0.0440. The Morgan fingerprint density at radius 3 is 2.63 bits per heavy atom. The summed E-state index contributed by atoms with van der Waals surface area (Å²) in [5.41, 5.74) is 0. The molecular weight excluding hydrogens is 240 g/mol. The van der Waals surface area contributed by atoms with Crippen LogP contribution in [0.1, 0.15) is 39.5 Å². The van der Waals surface area contributed by atoms with Crippen molar-refractivity contribution < 1.29 is 9.84 Å². The van der Waals surface area contributed by atoms with Gasteiger partial charge in [-0.2, -0.15) is 0 Å². The molecule has 0 bridgehead atoms. The summed E-state index contributed by atoms with van der Waals surface area (Å²) in [6.07, 6.45) is 4.58. The Kier molecular flexibility index (Phi) is 6.07. The largest absolute Gasteiger partial charge is 0.393 e. The van der Waals surface area contributed by atoms with Crippen molar-refractivity contribution in [2.75, 3.05) is 32.8 Å². The average molecular weight is 270 g/mol. The molecule has 4 nitrogen and oxygen atoms in total. The van der Waals surface area contributed by atoms with Gasteiger partial charge in [0.25, 0.3) is 0 Å². The van der Waals surface area contributed by atoms with E-state index in [2.05, 4.69) is 24.1 Å². The Labute approximate surface area is 117 Å². The number of aliphatic hydroxyl groups is 1. The van der Waals surface area contributed by atoms with E-state index in [9.17, 15) is 5.11 Å². The molecule has 0 spiro atoms. The standard InChI is InChI=1S/C15H30N2O2/c1-12(2)17-7-8-19-15(11-17)10-16-9-13-3-5-14(18)6-4-13/h12-16,18H,3-11H2,1-2H3. The van der Waals surface area contributed by atoms with Gasteiger partial charge in [0.2, 0.25) is 0 Å². The minimum absolute atomic E-state index is 0.0440. The van der Waals surface area contributed by atoms with Crippen LogP contribution in [0.3, 0.4) is 0 Å². The molecule has 112 valence electrons. The Morgan fingerprint density at radius 1 is 1.21 bits per heavy atom. The lowest BCUT2D eigenvalue weighted by Crippen LogP contribution is -2.49. The highest BCUT2D eigenvalue weighted by Crippen LogP contribution is 2.23. The van der Waals surface area contributed by atoms with E-state index in [1.54, 1.807) is 0 Å². The Morgan fingerprint density at radius 2 is 1.95 bits per heavy atom. The van der Waals surface area contributed by atoms with Crippen LogP contribution in [0.25, 0.3) is 0 Å². The first-order valence-electron chi connectivity index (χ1n) is 7.89. The number of nitrogens with one attached hydrogen (secondary N) is 1. The number of aliphatic hydroxyl groups excluding tert-OH is 1. The zero-order valence-electron chi connectivity index (χ0n) is 12.5. The molecule has 2 fully saturated rings. The molecule has 1 atom stereocenters. The first-order chi connectivity index (χ1) is 9.15. The Bertz CT molecular complexity index is 253. The first kappa shape index (κ1) is 15.2. The summed E-state index contributed by atoms with van der Waals surface area (Å²) in [5.74, 6) is 0.744. The van der Waals surface area contributed by atoms with E-state index in [4.69, 9.17) is 4.74 Å². The van der Waals surface area contributed by atoms with Crippen molar-refractivity contribution in [3.05, 3.63) is 0 Å². The smallest absolute Gasteiger partial charge is 0.0826 e. The van der Waals surface area contributed by atoms with Crippen LogP contribution >= 0.6 is 0 Å². The van der Waals surface area contributed by atoms with E-state index in [0.29, 0.717) is 12.1 Å². The maximum atomic E-state index is 9.49. The van der Waals surface area contributed by atoms with E-state index in [0.717, 1.165) is 64.4 Å². The summed E-state index contributed by atoms with van der Waals surface area (Å²) in [6.45, 7) is 9.52. The van der Waals surface area contributed by atoms with Gasteiger partial charge in [-0.25, -0.2) is 0 Å². The van der Waals surface area contributed by atoms with Crippen LogP contribution < -0.4 is 5.32 Å². The summed E-state index contributed by atoms with van der Waals surface area (Å²) in [5, 5.41) is 13.1. The zero-order valence-corrected chi connectivity index (χ0v) is 12.5. The maximum Gasteiger partial charge on any atom is 0.0826 e. The van der Waals surface area contributed by atoms with E-state index in [1.165, 1.54) is 0 Å². The number of nitrogens with zero attached hydrogens (tertiary/aromatic N) is 1. The van der Waals surface area contributed by atoms with Crippen molar-refractivity contribution >= 4 is 0 Å². The summed E-state index contributed by atoms with van der Waals surface area (Å²) >= 11 is 0. The summed E-state index contributed by atoms with van der Waals surface area (Å²) in [6, 6.07) is 0.617. The van der Waals surface area contributed by atoms with Gasteiger partial charge in [-0.15, -0.1) is 0 Å². The van der Waals surface area contributed by atoms with E-state index < -0.39 is 0 Å². The van der Waals surface area contributed by atoms with Crippen LogP contribution in [0.15, 0.2) is 0 Å². The van der Waals surface area contributed by atoms with Crippen LogP contribution in [0.4, 0.5) is 0 Å². The molecule has 0 aromatic carbocycles. The topological polar surface area (TPSA) is 44.7 Å². The van der Waals surface area contributed by atoms with Gasteiger partial charge in [-0.05, 0) is 52.0 Å². The second kappa shape index (κ2) is 7.58. The second-order valence-electron chi connectivity index (χ2n) is 6.41. The van der Waals surface area contributed by atoms with E-state index in [-0.39, 0.29) is 6.10 Å². The lowest BCUT2D eigenvalue weighted by atomic mass is 9.87. The monoisotopic (exact) mass is 270 g/mol. The van der Waals surface area contributed by atoms with Crippen LogP contribution in [0.2, 0.25) is 0 Å². The molecule has 0 aromatic rings. The molecule has 0 amide bonds. The lowest BCUT2D eigenvalue weighted by molar-refractivity contribution is -0.0376.